The molecule has 3 aromatic rings. The maximum Gasteiger partial charge on any atom is 0.229 e. The van der Waals surface area contributed by atoms with Crippen molar-refractivity contribution in [3.8, 4) is 11.1 Å². The highest BCUT2D eigenvalue weighted by Gasteiger charge is 2.17. The van der Waals surface area contributed by atoms with Crippen molar-refractivity contribution < 1.29 is 4.42 Å². The van der Waals surface area contributed by atoms with Crippen LogP contribution in [0.2, 0.25) is 5.02 Å². The number of aromatic nitrogens is 2. The molecule has 1 aliphatic rings. The predicted molar refractivity (Wildman–Crippen MR) is 104 cm³/mol. The Labute approximate surface area is 157 Å². The van der Waals surface area contributed by atoms with Gasteiger partial charge in [0.25, 0.3) is 0 Å². The summed E-state index contributed by atoms with van der Waals surface area (Å²) < 4.78 is 5.23. The first kappa shape index (κ1) is 16.9. The van der Waals surface area contributed by atoms with Gasteiger partial charge in [0.2, 0.25) is 5.95 Å². The number of hydrogen-bond acceptors (Lipinski definition) is 6. The Hall–Kier alpha value is -2.57. The SMILES string of the molecule is Clc1cccc(Nc2ncc(-c3ccoc3)c(NC3CCNCC3)n2)c1. The van der Waals surface area contributed by atoms with Crippen molar-refractivity contribution in [2.75, 3.05) is 23.7 Å². The molecule has 0 spiro atoms. The molecule has 0 radical (unpaired) electrons. The van der Waals surface area contributed by atoms with Gasteiger partial charge in [-0.15, -0.1) is 0 Å². The topological polar surface area (TPSA) is 75.0 Å². The van der Waals surface area contributed by atoms with E-state index in [0.717, 1.165) is 48.6 Å². The van der Waals surface area contributed by atoms with E-state index < -0.39 is 0 Å². The van der Waals surface area contributed by atoms with Gasteiger partial charge in [0.05, 0.1) is 12.5 Å². The molecule has 1 aromatic carbocycles. The Balaban J connectivity index is 1.63. The Morgan fingerprint density at radius 1 is 1.19 bits per heavy atom. The molecule has 0 unspecified atom stereocenters. The molecule has 3 heterocycles. The van der Waals surface area contributed by atoms with Crippen LogP contribution < -0.4 is 16.0 Å². The van der Waals surface area contributed by atoms with Gasteiger partial charge < -0.3 is 20.4 Å². The fourth-order valence-corrected chi connectivity index (χ4v) is 3.23. The summed E-state index contributed by atoms with van der Waals surface area (Å²) in [6, 6.07) is 9.79. The molecule has 0 atom stereocenters. The van der Waals surface area contributed by atoms with Gasteiger partial charge in [0.1, 0.15) is 5.82 Å². The number of nitrogens with one attached hydrogen (secondary N) is 3. The molecule has 0 saturated carbocycles. The van der Waals surface area contributed by atoms with E-state index >= 15 is 0 Å². The number of piperidine rings is 1. The average molecular weight is 370 g/mol. The highest BCUT2D eigenvalue weighted by molar-refractivity contribution is 6.30. The number of benzene rings is 1. The van der Waals surface area contributed by atoms with E-state index in [0.29, 0.717) is 17.0 Å². The van der Waals surface area contributed by atoms with Crippen molar-refractivity contribution in [3.05, 3.63) is 54.1 Å². The first-order chi connectivity index (χ1) is 12.8. The molecule has 7 heteroatoms. The minimum absolute atomic E-state index is 0.385. The molecule has 4 rings (SSSR count). The standard InChI is InChI=1S/C19H20ClN5O/c20-14-2-1-3-16(10-14)24-19-22-11-17(13-6-9-26-12-13)18(25-19)23-15-4-7-21-8-5-15/h1-3,6,9-12,15,21H,4-5,7-8H2,(H2,22,23,24,25). The zero-order chi connectivity index (χ0) is 17.8. The van der Waals surface area contributed by atoms with Crippen molar-refractivity contribution in [2.45, 2.75) is 18.9 Å². The summed E-state index contributed by atoms with van der Waals surface area (Å²) in [5, 5.41) is 10.8. The lowest BCUT2D eigenvalue weighted by atomic mass is 10.1. The normalized spacial score (nSPS) is 15.0. The third kappa shape index (κ3) is 3.98. The Bertz CT molecular complexity index is 862. The number of halogens is 1. The van der Waals surface area contributed by atoms with Gasteiger partial charge in [-0.3, -0.25) is 0 Å². The Morgan fingerprint density at radius 3 is 2.85 bits per heavy atom. The zero-order valence-corrected chi connectivity index (χ0v) is 15.0. The summed E-state index contributed by atoms with van der Waals surface area (Å²) in [4.78, 5) is 9.16. The molecule has 1 saturated heterocycles. The zero-order valence-electron chi connectivity index (χ0n) is 14.2. The average Bonchev–Trinajstić information content (AvgIpc) is 3.17. The van der Waals surface area contributed by atoms with Gasteiger partial charge in [-0.1, -0.05) is 17.7 Å². The van der Waals surface area contributed by atoms with E-state index in [1.807, 2.05) is 36.5 Å². The summed E-state index contributed by atoms with van der Waals surface area (Å²) in [5.74, 6) is 1.33. The van der Waals surface area contributed by atoms with E-state index in [1.165, 1.54) is 0 Å². The number of furan rings is 1. The lowest BCUT2D eigenvalue weighted by Gasteiger charge is -2.25. The summed E-state index contributed by atoms with van der Waals surface area (Å²) in [6.45, 7) is 2.02. The van der Waals surface area contributed by atoms with Gasteiger partial charge in [0, 0.05) is 34.1 Å². The van der Waals surface area contributed by atoms with Crippen molar-refractivity contribution in [1.29, 1.82) is 0 Å². The first-order valence-corrected chi connectivity index (χ1v) is 9.05. The monoisotopic (exact) mass is 369 g/mol. The van der Waals surface area contributed by atoms with Crippen LogP contribution in [0, 0.1) is 0 Å². The maximum absolute atomic E-state index is 6.05. The summed E-state index contributed by atoms with van der Waals surface area (Å²) >= 11 is 6.05. The molecule has 6 nitrogen and oxygen atoms in total. The molecule has 2 aromatic heterocycles. The van der Waals surface area contributed by atoms with Crippen molar-refractivity contribution in [2.24, 2.45) is 0 Å². The molecule has 0 aliphatic carbocycles. The number of hydrogen-bond donors (Lipinski definition) is 3. The smallest absolute Gasteiger partial charge is 0.229 e. The van der Waals surface area contributed by atoms with Crippen LogP contribution in [0.25, 0.3) is 11.1 Å². The molecule has 0 amide bonds. The van der Waals surface area contributed by atoms with Gasteiger partial charge in [-0.25, -0.2) is 4.98 Å². The van der Waals surface area contributed by atoms with Crippen LogP contribution >= 0.6 is 11.6 Å². The van der Waals surface area contributed by atoms with Crippen molar-refractivity contribution in [1.82, 2.24) is 15.3 Å². The van der Waals surface area contributed by atoms with Gasteiger partial charge in [-0.05, 0) is 50.2 Å². The minimum atomic E-state index is 0.385. The van der Waals surface area contributed by atoms with E-state index in [4.69, 9.17) is 21.0 Å². The van der Waals surface area contributed by atoms with Crippen molar-refractivity contribution >= 4 is 29.1 Å². The lowest BCUT2D eigenvalue weighted by Crippen LogP contribution is -2.35. The van der Waals surface area contributed by atoms with Crippen molar-refractivity contribution in [3.63, 3.8) is 0 Å². The minimum Gasteiger partial charge on any atom is -0.472 e. The van der Waals surface area contributed by atoms with Crippen LogP contribution in [0.15, 0.2) is 53.5 Å². The van der Waals surface area contributed by atoms with Crippen LogP contribution in [-0.4, -0.2) is 29.1 Å². The van der Waals surface area contributed by atoms with Gasteiger partial charge >= 0.3 is 0 Å². The van der Waals surface area contributed by atoms with Crippen LogP contribution in [0.3, 0.4) is 0 Å². The molecule has 1 aliphatic heterocycles. The molecule has 134 valence electrons. The highest BCUT2D eigenvalue weighted by atomic mass is 35.5. The summed E-state index contributed by atoms with van der Waals surface area (Å²) in [7, 11) is 0. The number of nitrogens with zero attached hydrogens (tertiary/aromatic N) is 2. The van der Waals surface area contributed by atoms with Gasteiger partial charge in [-0.2, -0.15) is 4.98 Å². The van der Waals surface area contributed by atoms with Crippen LogP contribution in [0.1, 0.15) is 12.8 Å². The van der Waals surface area contributed by atoms with Crippen LogP contribution in [0.4, 0.5) is 17.5 Å². The van der Waals surface area contributed by atoms with E-state index in [-0.39, 0.29) is 0 Å². The third-order valence-electron chi connectivity index (χ3n) is 4.38. The third-order valence-corrected chi connectivity index (χ3v) is 4.62. The van der Waals surface area contributed by atoms with E-state index in [1.54, 1.807) is 12.5 Å². The fourth-order valence-electron chi connectivity index (χ4n) is 3.04. The Kier molecular flexibility index (Phi) is 5.04. The molecular formula is C19H20ClN5O. The number of anilines is 3. The second kappa shape index (κ2) is 7.76. The molecule has 3 N–H and O–H groups in total. The van der Waals surface area contributed by atoms with Crippen LogP contribution in [-0.2, 0) is 0 Å². The quantitative estimate of drug-likeness (QED) is 0.622. The highest BCUT2D eigenvalue weighted by Crippen LogP contribution is 2.29. The second-order valence-corrected chi connectivity index (χ2v) is 6.71. The van der Waals surface area contributed by atoms with E-state index in [9.17, 15) is 0 Å². The largest absolute Gasteiger partial charge is 0.472 e. The Morgan fingerprint density at radius 2 is 2.08 bits per heavy atom. The second-order valence-electron chi connectivity index (χ2n) is 6.27. The molecular weight excluding hydrogens is 350 g/mol. The first-order valence-electron chi connectivity index (χ1n) is 8.67. The summed E-state index contributed by atoms with van der Waals surface area (Å²) in [6.07, 6.45) is 7.30. The lowest BCUT2D eigenvalue weighted by molar-refractivity contribution is 0.478. The fraction of sp³-hybridized carbons (Fsp3) is 0.263. The predicted octanol–water partition coefficient (Wildman–Crippen LogP) is 4.30. The van der Waals surface area contributed by atoms with Crippen LogP contribution in [0.5, 0.6) is 0 Å². The maximum atomic E-state index is 6.05. The molecule has 1 fully saturated rings. The summed E-state index contributed by atoms with van der Waals surface area (Å²) in [5.41, 5.74) is 2.73. The van der Waals surface area contributed by atoms with Gasteiger partial charge in [0.15, 0.2) is 0 Å². The molecule has 0 bridgehead atoms. The van der Waals surface area contributed by atoms with E-state index in [2.05, 4.69) is 20.9 Å². The number of rotatable bonds is 5. The molecule has 26 heavy (non-hydrogen) atoms.